The maximum atomic E-state index is 12.3. The van der Waals surface area contributed by atoms with Crippen molar-refractivity contribution < 1.29 is 18.3 Å². The molecule has 24 heavy (non-hydrogen) atoms. The Morgan fingerprint density at radius 1 is 1.46 bits per heavy atom. The summed E-state index contributed by atoms with van der Waals surface area (Å²) < 4.78 is 26.3. The van der Waals surface area contributed by atoms with Gasteiger partial charge < -0.3 is 10.0 Å². The third kappa shape index (κ3) is 6.04. The van der Waals surface area contributed by atoms with Gasteiger partial charge in [0.1, 0.15) is 0 Å². The van der Waals surface area contributed by atoms with E-state index in [2.05, 4.69) is 9.82 Å². The van der Waals surface area contributed by atoms with Gasteiger partial charge in [0.25, 0.3) is 0 Å². The Bertz CT molecular complexity index is 678. The molecular formula is C14H23ClN4O4S. The van der Waals surface area contributed by atoms with Crippen LogP contribution in [0.2, 0.25) is 5.02 Å². The standard InChI is InChI=1S/C14H23ClN4O4S/c1-24(22,23)17-11-14(21)4-2-6-18(8-5-14)13(20)3-7-19-10-12(15)9-16-19/h9-10,17,21H,2-8,11H2,1H3. The number of carbonyl (C=O) groups is 1. The Labute approximate surface area is 146 Å². The molecule has 1 fully saturated rings. The second kappa shape index (κ2) is 7.81. The van der Waals surface area contributed by atoms with Crippen LogP contribution in [-0.4, -0.2) is 65.6 Å². The van der Waals surface area contributed by atoms with Gasteiger partial charge in [-0.15, -0.1) is 0 Å². The second-order valence-electron chi connectivity index (χ2n) is 6.22. The molecule has 0 spiro atoms. The van der Waals surface area contributed by atoms with E-state index in [4.69, 9.17) is 11.6 Å². The lowest BCUT2D eigenvalue weighted by molar-refractivity contribution is -0.131. The molecule has 0 radical (unpaired) electrons. The Hall–Kier alpha value is -1.16. The molecule has 1 atom stereocenters. The highest BCUT2D eigenvalue weighted by Gasteiger charge is 2.32. The molecule has 0 saturated carbocycles. The van der Waals surface area contributed by atoms with Crippen LogP contribution in [0.1, 0.15) is 25.7 Å². The van der Waals surface area contributed by atoms with E-state index in [1.54, 1.807) is 15.8 Å². The summed E-state index contributed by atoms with van der Waals surface area (Å²) in [7, 11) is -3.35. The van der Waals surface area contributed by atoms with E-state index in [1.165, 1.54) is 6.20 Å². The first-order valence-corrected chi connectivity index (χ1v) is 10.1. The molecule has 1 saturated heterocycles. The molecule has 2 heterocycles. The summed E-state index contributed by atoms with van der Waals surface area (Å²) in [5.41, 5.74) is -1.12. The van der Waals surface area contributed by atoms with Gasteiger partial charge in [-0.05, 0) is 19.3 Å². The average Bonchev–Trinajstić information content (AvgIpc) is 2.80. The van der Waals surface area contributed by atoms with Crippen LogP contribution in [0.5, 0.6) is 0 Å². The molecule has 1 unspecified atom stereocenters. The zero-order chi connectivity index (χ0) is 17.8. The number of likely N-dealkylation sites (tertiary alicyclic amines) is 1. The zero-order valence-electron chi connectivity index (χ0n) is 13.6. The van der Waals surface area contributed by atoms with Crippen LogP contribution in [0.25, 0.3) is 0 Å². The molecule has 0 bridgehead atoms. The minimum absolute atomic E-state index is 0.0121. The summed E-state index contributed by atoms with van der Waals surface area (Å²) in [4.78, 5) is 14.0. The molecule has 1 aromatic rings. The number of amides is 1. The van der Waals surface area contributed by atoms with Crippen molar-refractivity contribution >= 4 is 27.5 Å². The van der Waals surface area contributed by atoms with Gasteiger partial charge >= 0.3 is 0 Å². The maximum Gasteiger partial charge on any atom is 0.224 e. The monoisotopic (exact) mass is 378 g/mol. The highest BCUT2D eigenvalue weighted by Crippen LogP contribution is 2.22. The summed E-state index contributed by atoms with van der Waals surface area (Å²) >= 11 is 5.78. The smallest absolute Gasteiger partial charge is 0.224 e. The number of nitrogens with one attached hydrogen (secondary N) is 1. The Morgan fingerprint density at radius 2 is 2.21 bits per heavy atom. The molecular weight excluding hydrogens is 356 g/mol. The normalized spacial score (nSPS) is 22.4. The van der Waals surface area contributed by atoms with Gasteiger partial charge in [-0.1, -0.05) is 11.6 Å². The van der Waals surface area contributed by atoms with E-state index < -0.39 is 15.6 Å². The van der Waals surface area contributed by atoms with Gasteiger partial charge in [-0.2, -0.15) is 5.10 Å². The molecule has 1 aliphatic rings. The van der Waals surface area contributed by atoms with E-state index in [-0.39, 0.29) is 12.5 Å². The van der Waals surface area contributed by atoms with Crippen molar-refractivity contribution in [2.24, 2.45) is 0 Å². The third-order valence-corrected chi connectivity index (χ3v) is 4.95. The van der Waals surface area contributed by atoms with E-state index in [9.17, 15) is 18.3 Å². The lowest BCUT2D eigenvalue weighted by Crippen LogP contribution is -2.43. The van der Waals surface area contributed by atoms with E-state index >= 15 is 0 Å². The fourth-order valence-electron chi connectivity index (χ4n) is 2.70. The number of nitrogens with zero attached hydrogens (tertiary/aromatic N) is 3. The summed E-state index contributed by atoms with van der Waals surface area (Å²) in [6, 6.07) is 0. The molecule has 8 nitrogen and oxygen atoms in total. The summed E-state index contributed by atoms with van der Waals surface area (Å²) in [5, 5.41) is 15.1. The Kier molecular flexibility index (Phi) is 6.24. The third-order valence-electron chi connectivity index (χ3n) is 4.09. The van der Waals surface area contributed by atoms with Crippen molar-refractivity contribution in [3.05, 3.63) is 17.4 Å². The fourth-order valence-corrected chi connectivity index (χ4v) is 3.39. The van der Waals surface area contributed by atoms with Crippen molar-refractivity contribution in [2.75, 3.05) is 25.9 Å². The highest BCUT2D eigenvalue weighted by atomic mass is 35.5. The number of carbonyl (C=O) groups excluding carboxylic acids is 1. The second-order valence-corrected chi connectivity index (χ2v) is 8.49. The lowest BCUT2D eigenvalue weighted by Gasteiger charge is -2.26. The fraction of sp³-hybridized carbons (Fsp3) is 0.714. The number of halogens is 1. The van der Waals surface area contributed by atoms with Crippen LogP contribution in [0.15, 0.2) is 12.4 Å². The first-order chi connectivity index (χ1) is 11.2. The van der Waals surface area contributed by atoms with Crippen LogP contribution in [0, 0.1) is 0 Å². The van der Waals surface area contributed by atoms with Crippen LogP contribution >= 0.6 is 11.6 Å². The van der Waals surface area contributed by atoms with Crippen LogP contribution in [-0.2, 0) is 21.4 Å². The predicted molar refractivity (Wildman–Crippen MR) is 90.1 cm³/mol. The quantitative estimate of drug-likeness (QED) is 0.736. The van der Waals surface area contributed by atoms with Crippen LogP contribution in [0.3, 0.4) is 0 Å². The number of sulfonamides is 1. The van der Waals surface area contributed by atoms with Gasteiger partial charge in [0, 0.05) is 38.8 Å². The van der Waals surface area contributed by atoms with Crippen LogP contribution < -0.4 is 4.72 Å². The molecule has 10 heteroatoms. The number of aryl methyl sites for hydroxylation is 1. The molecule has 1 aromatic heterocycles. The summed E-state index contributed by atoms with van der Waals surface area (Å²) in [6.07, 6.45) is 5.96. The molecule has 2 rings (SSSR count). The Morgan fingerprint density at radius 3 is 2.83 bits per heavy atom. The van der Waals surface area contributed by atoms with E-state index in [0.717, 1.165) is 6.26 Å². The lowest BCUT2D eigenvalue weighted by atomic mass is 9.95. The highest BCUT2D eigenvalue weighted by molar-refractivity contribution is 7.88. The number of aromatic nitrogens is 2. The van der Waals surface area contributed by atoms with Crippen molar-refractivity contribution in [1.29, 1.82) is 0 Å². The van der Waals surface area contributed by atoms with Crippen molar-refractivity contribution in [3.63, 3.8) is 0 Å². The van der Waals surface area contributed by atoms with Gasteiger partial charge in [0.15, 0.2) is 0 Å². The van der Waals surface area contributed by atoms with Crippen molar-refractivity contribution in [3.8, 4) is 0 Å². The topological polar surface area (TPSA) is 105 Å². The molecule has 1 aliphatic heterocycles. The largest absolute Gasteiger partial charge is 0.388 e. The van der Waals surface area contributed by atoms with Gasteiger partial charge in [-0.25, -0.2) is 13.1 Å². The molecule has 1 amide bonds. The molecule has 2 N–H and O–H groups in total. The first-order valence-electron chi connectivity index (χ1n) is 7.80. The molecule has 0 aliphatic carbocycles. The number of rotatable bonds is 6. The van der Waals surface area contributed by atoms with Gasteiger partial charge in [0.05, 0.1) is 23.1 Å². The molecule has 0 aromatic carbocycles. The predicted octanol–water partition coefficient (Wildman–Crippen LogP) is 0.219. The molecule has 136 valence electrons. The van der Waals surface area contributed by atoms with Crippen molar-refractivity contribution in [1.82, 2.24) is 19.4 Å². The average molecular weight is 379 g/mol. The first kappa shape index (κ1) is 19.2. The Balaban J connectivity index is 1.84. The maximum absolute atomic E-state index is 12.3. The van der Waals surface area contributed by atoms with E-state index in [1.807, 2.05) is 0 Å². The summed E-state index contributed by atoms with van der Waals surface area (Å²) in [6.45, 7) is 1.38. The van der Waals surface area contributed by atoms with E-state index in [0.29, 0.717) is 50.3 Å². The van der Waals surface area contributed by atoms with Gasteiger partial charge in [-0.3, -0.25) is 9.48 Å². The summed E-state index contributed by atoms with van der Waals surface area (Å²) in [5.74, 6) is -0.0121. The number of aliphatic hydroxyl groups is 1. The minimum atomic E-state index is -3.35. The SMILES string of the molecule is CS(=O)(=O)NCC1(O)CCCN(C(=O)CCn2cc(Cl)cn2)CC1. The zero-order valence-corrected chi connectivity index (χ0v) is 15.2. The van der Waals surface area contributed by atoms with Crippen molar-refractivity contribution in [2.45, 2.75) is 37.8 Å². The number of hydrogen-bond acceptors (Lipinski definition) is 5. The minimum Gasteiger partial charge on any atom is -0.388 e. The van der Waals surface area contributed by atoms with Crippen LogP contribution in [0.4, 0.5) is 0 Å². The van der Waals surface area contributed by atoms with Gasteiger partial charge in [0.2, 0.25) is 15.9 Å². The number of hydrogen-bond donors (Lipinski definition) is 2.